The van der Waals surface area contributed by atoms with E-state index in [1.165, 1.54) is 0 Å². The molecule has 1 aliphatic heterocycles. The monoisotopic (exact) mass is 348 g/mol. The van der Waals surface area contributed by atoms with Gasteiger partial charge in [-0.2, -0.15) is 17.9 Å². The van der Waals surface area contributed by atoms with Gasteiger partial charge in [0.05, 0.1) is 5.69 Å². The van der Waals surface area contributed by atoms with Crippen molar-refractivity contribution in [3.05, 3.63) is 52.2 Å². The number of fused-ring (bicyclic) bond motifs is 3. The van der Waals surface area contributed by atoms with Crippen molar-refractivity contribution in [2.24, 2.45) is 0 Å². The molecule has 10 heteroatoms. The van der Waals surface area contributed by atoms with Crippen molar-refractivity contribution in [1.82, 2.24) is 24.7 Å². The SMILES string of the molecule is O=c1c2c([nH]n1-c1nccc(C(F)(F)F)n1)-c1cccnc1NCC2. The molecular formula is C15H11F3N6O. The third kappa shape index (κ3) is 2.55. The number of H-pyrrole nitrogens is 1. The lowest BCUT2D eigenvalue weighted by Crippen LogP contribution is -2.22. The first-order chi connectivity index (χ1) is 11.9. The molecule has 25 heavy (non-hydrogen) atoms. The molecule has 7 nitrogen and oxygen atoms in total. The average Bonchev–Trinajstić information content (AvgIpc) is 2.81. The molecule has 1 aliphatic rings. The number of nitrogens with one attached hydrogen (secondary N) is 2. The van der Waals surface area contributed by atoms with Gasteiger partial charge >= 0.3 is 6.18 Å². The predicted octanol–water partition coefficient (Wildman–Crippen LogP) is 2.00. The van der Waals surface area contributed by atoms with Crippen LogP contribution < -0.4 is 10.9 Å². The highest BCUT2D eigenvalue weighted by molar-refractivity contribution is 5.75. The van der Waals surface area contributed by atoms with Crippen LogP contribution in [-0.2, 0) is 12.6 Å². The first kappa shape index (κ1) is 15.4. The smallest absolute Gasteiger partial charge is 0.369 e. The number of aromatic nitrogens is 5. The lowest BCUT2D eigenvalue weighted by atomic mass is 10.1. The molecule has 4 rings (SSSR count). The summed E-state index contributed by atoms with van der Waals surface area (Å²) in [6.45, 7) is 0.480. The molecule has 0 radical (unpaired) electrons. The molecule has 0 fully saturated rings. The van der Waals surface area contributed by atoms with Crippen LogP contribution in [0.4, 0.5) is 19.0 Å². The highest BCUT2D eigenvalue weighted by Crippen LogP contribution is 2.30. The second-order valence-corrected chi connectivity index (χ2v) is 5.42. The van der Waals surface area contributed by atoms with Gasteiger partial charge in [-0.15, -0.1) is 0 Å². The molecule has 0 saturated carbocycles. The van der Waals surface area contributed by atoms with Gasteiger partial charge in [0.2, 0.25) is 0 Å². The first-order valence-corrected chi connectivity index (χ1v) is 7.39. The van der Waals surface area contributed by atoms with Gasteiger partial charge in [-0.1, -0.05) is 0 Å². The number of hydrogen-bond acceptors (Lipinski definition) is 5. The molecule has 0 saturated heterocycles. The average molecular weight is 348 g/mol. The fourth-order valence-electron chi connectivity index (χ4n) is 2.74. The van der Waals surface area contributed by atoms with Crippen LogP contribution in [0.15, 0.2) is 35.4 Å². The van der Waals surface area contributed by atoms with E-state index in [4.69, 9.17) is 0 Å². The Kier molecular flexibility index (Phi) is 3.34. The molecule has 0 bridgehead atoms. The minimum atomic E-state index is -4.62. The van der Waals surface area contributed by atoms with Gasteiger partial charge in [0.25, 0.3) is 11.5 Å². The van der Waals surface area contributed by atoms with Gasteiger partial charge in [0, 0.05) is 30.1 Å². The van der Waals surface area contributed by atoms with Gasteiger partial charge in [-0.3, -0.25) is 9.89 Å². The molecule has 0 aliphatic carbocycles. The maximum absolute atomic E-state index is 12.9. The molecule has 2 N–H and O–H groups in total. The third-order valence-electron chi connectivity index (χ3n) is 3.86. The van der Waals surface area contributed by atoms with Crippen LogP contribution in [0.5, 0.6) is 0 Å². The van der Waals surface area contributed by atoms with E-state index in [0.717, 1.165) is 16.9 Å². The number of pyridine rings is 1. The van der Waals surface area contributed by atoms with E-state index in [9.17, 15) is 18.0 Å². The molecule has 0 atom stereocenters. The largest absolute Gasteiger partial charge is 0.433 e. The van der Waals surface area contributed by atoms with E-state index in [1.807, 2.05) is 0 Å². The number of alkyl halides is 3. The van der Waals surface area contributed by atoms with E-state index < -0.39 is 17.4 Å². The number of rotatable bonds is 1. The maximum Gasteiger partial charge on any atom is 0.433 e. The van der Waals surface area contributed by atoms with Crippen molar-refractivity contribution >= 4 is 5.82 Å². The minimum Gasteiger partial charge on any atom is -0.369 e. The van der Waals surface area contributed by atoms with Gasteiger partial charge in [0.1, 0.15) is 11.5 Å². The molecular weight excluding hydrogens is 337 g/mol. The van der Waals surface area contributed by atoms with Gasteiger partial charge in [-0.25, -0.2) is 15.0 Å². The highest BCUT2D eigenvalue weighted by atomic mass is 19.4. The number of anilines is 1. The van der Waals surface area contributed by atoms with Crippen molar-refractivity contribution < 1.29 is 13.2 Å². The molecule has 128 valence electrons. The maximum atomic E-state index is 12.9. The minimum absolute atomic E-state index is 0.355. The van der Waals surface area contributed by atoms with Crippen LogP contribution in [-0.4, -0.2) is 31.3 Å². The van der Waals surface area contributed by atoms with Crippen LogP contribution in [0.3, 0.4) is 0 Å². The Hall–Kier alpha value is -3.17. The zero-order valence-electron chi connectivity index (χ0n) is 12.6. The Morgan fingerprint density at radius 1 is 1.16 bits per heavy atom. The lowest BCUT2D eigenvalue weighted by molar-refractivity contribution is -0.141. The highest BCUT2D eigenvalue weighted by Gasteiger charge is 2.33. The fraction of sp³-hybridized carbons (Fsp3) is 0.200. The number of halogens is 3. The van der Waals surface area contributed by atoms with Gasteiger partial charge in [-0.05, 0) is 24.6 Å². The van der Waals surface area contributed by atoms with E-state index in [2.05, 4.69) is 25.4 Å². The summed E-state index contributed by atoms with van der Waals surface area (Å²) in [5, 5.41) is 5.94. The van der Waals surface area contributed by atoms with Crippen molar-refractivity contribution in [3.63, 3.8) is 0 Å². The van der Waals surface area contributed by atoms with Gasteiger partial charge < -0.3 is 5.32 Å². The molecule has 0 aromatic carbocycles. The summed E-state index contributed by atoms with van der Waals surface area (Å²) in [4.78, 5) is 24.1. The zero-order chi connectivity index (χ0) is 17.6. The van der Waals surface area contributed by atoms with Crippen LogP contribution in [0, 0.1) is 0 Å². The van der Waals surface area contributed by atoms with Gasteiger partial charge in [0.15, 0.2) is 0 Å². The Bertz CT molecular complexity index is 1010. The Morgan fingerprint density at radius 2 is 2.00 bits per heavy atom. The number of hydrogen-bond donors (Lipinski definition) is 2. The summed E-state index contributed by atoms with van der Waals surface area (Å²) in [5.41, 5.74) is 0.0166. The zero-order valence-corrected chi connectivity index (χ0v) is 12.6. The fourth-order valence-corrected chi connectivity index (χ4v) is 2.74. The molecule has 3 aromatic heterocycles. The number of aromatic amines is 1. The summed E-state index contributed by atoms with van der Waals surface area (Å²) >= 11 is 0. The van der Waals surface area contributed by atoms with Crippen LogP contribution in [0.1, 0.15) is 11.3 Å². The summed E-state index contributed by atoms with van der Waals surface area (Å²) in [6.07, 6.45) is -1.64. The second-order valence-electron chi connectivity index (χ2n) is 5.42. The van der Waals surface area contributed by atoms with Crippen LogP contribution >= 0.6 is 0 Å². The Labute approximate surface area is 138 Å². The summed E-state index contributed by atoms with van der Waals surface area (Å²) < 4.78 is 39.5. The molecule has 3 aromatic rings. The van der Waals surface area contributed by atoms with Crippen molar-refractivity contribution in [3.8, 4) is 17.2 Å². The standard InChI is InChI=1S/C15H11F3N6O/c16-15(17,18)10-4-7-21-14(22-10)24-13(25)9-3-6-20-12-8(11(9)23-24)2-1-5-19-12/h1-2,4-5,7,23H,3,6H2,(H,19,20). The van der Waals surface area contributed by atoms with Crippen molar-refractivity contribution in [1.29, 1.82) is 0 Å². The summed E-state index contributed by atoms with van der Waals surface area (Å²) in [5.74, 6) is 0.242. The van der Waals surface area contributed by atoms with Crippen LogP contribution in [0.2, 0.25) is 0 Å². The molecule has 0 amide bonds. The first-order valence-electron chi connectivity index (χ1n) is 7.39. The van der Waals surface area contributed by atoms with Crippen molar-refractivity contribution in [2.45, 2.75) is 12.6 Å². The lowest BCUT2D eigenvalue weighted by Gasteiger charge is -2.07. The Morgan fingerprint density at radius 3 is 2.80 bits per heavy atom. The predicted molar refractivity (Wildman–Crippen MR) is 82.4 cm³/mol. The topological polar surface area (TPSA) is 88.5 Å². The quantitative estimate of drug-likeness (QED) is 0.702. The van der Waals surface area contributed by atoms with Crippen LogP contribution in [0.25, 0.3) is 17.2 Å². The number of nitrogens with zero attached hydrogens (tertiary/aromatic N) is 4. The summed E-state index contributed by atoms with van der Waals surface area (Å²) in [7, 11) is 0. The summed E-state index contributed by atoms with van der Waals surface area (Å²) in [6, 6.07) is 4.24. The third-order valence-corrected chi connectivity index (χ3v) is 3.86. The Balaban J connectivity index is 1.90. The van der Waals surface area contributed by atoms with Crippen molar-refractivity contribution in [2.75, 3.05) is 11.9 Å². The van der Waals surface area contributed by atoms with E-state index >= 15 is 0 Å². The van der Waals surface area contributed by atoms with E-state index in [0.29, 0.717) is 35.6 Å². The normalized spacial score (nSPS) is 13.6. The van der Waals surface area contributed by atoms with E-state index in [1.54, 1.807) is 18.3 Å². The second kappa shape index (κ2) is 5.43. The molecule has 0 unspecified atom stereocenters. The molecule has 0 spiro atoms. The van der Waals surface area contributed by atoms with E-state index in [-0.39, 0.29) is 5.95 Å². The molecule has 4 heterocycles.